The number of nitrogens with two attached hydrogens (primary N) is 1. The minimum Gasteiger partial charge on any atom is -0.404 e. The van der Waals surface area contributed by atoms with Gasteiger partial charge in [0.2, 0.25) is 0 Å². The Labute approximate surface area is 216 Å². The third-order valence-corrected chi connectivity index (χ3v) is 7.87. The number of aromatic nitrogens is 2. The highest BCUT2D eigenvalue weighted by atomic mass is 19.3. The molecule has 2 aliphatic heterocycles. The highest BCUT2D eigenvalue weighted by Gasteiger charge is 2.37. The van der Waals surface area contributed by atoms with E-state index < -0.39 is 6.43 Å². The number of hydrogen-bond acceptors (Lipinski definition) is 5. The Morgan fingerprint density at radius 3 is 2.70 bits per heavy atom. The number of carbonyl (C=O) groups excluding carboxylic acids is 1. The summed E-state index contributed by atoms with van der Waals surface area (Å²) in [5.74, 6) is 1.38. The normalized spacial score (nSPS) is 18.8. The molecule has 37 heavy (non-hydrogen) atoms. The average Bonchev–Trinajstić information content (AvgIpc) is 3.70. The molecule has 1 aliphatic carbocycles. The van der Waals surface area contributed by atoms with E-state index in [1.165, 1.54) is 25.3 Å². The van der Waals surface area contributed by atoms with Crippen molar-refractivity contribution in [2.24, 2.45) is 16.6 Å². The molecule has 1 aromatic heterocycles. The number of benzene rings is 1. The number of aliphatic imine (C=N–C) groups is 1. The van der Waals surface area contributed by atoms with Crippen LogP contribution >= 0.6 is 0 Å². The largest absolute Gasteiger partial charge is 0.404 e. The number of allylic oxidation sites excluding steroid dienone is 1. The van der Waals surface area contributed by atoms with Crippen molar-refractivity contribution in [3.63, 3.8) is 0 Å². The van der Waals surface area contributed by atoms with Crippen molar-refractivity contribution in [1.29, 1.82) is 0 Å². The highest BCUT2D eigenvalue weighted by molar-refractivity contribution is 6.10. The summed E-state index contributed by atoms with van der Waals surface area (Å²) in [5, 5.41) is 7.84. The SMILES string of the molecule is CN=CC(=CN)c1cc2c(cc1C(F)F)N(c1nn([C@H](C)C3CC3)c3c1CN(C(=O)NC)CC3)CCC2. The van der Waals surface area contributed by atoms with E-state index in [1.54, 1.807) is 25.1 Å². The number of fused-ring (bicyclic) bond motifs is 2. The van der Waals surface area contributed by atoms with Crippen LogP contribution in [0.5, 0.6) is 0 Å². The van der Waals surface area contributed by atoms with E-state index in [0.29, 0.717) is 36.7 Å². The van der Waals surface area contributed by atoms with Crippen LogP contribution < -0.4 is 16.0 Å². The van der Waals surface area contributed by atoms with Gasteiger partial charge < -0.3 is 20.9 Å². The Bertz CT molecular complexity index is 1250. The molecule has 3 heterocycles. The predicted molar refractivity (Wildman–Crippen MR) is 142 cm³/mol. The lowest BCUT2D eigenvalue weighted by atomic mass is 9.92. The van der Waals surface area contributed by atoms with Crippen molar-refractivity contribution in [1.82, 2.24) is 20.0 Å². The Kier molecular flexibility index (Phi) is 6.92. The van der Waals surface area contributed by atoms with Gasteiger partial charge in [0.1, 0.15) is 0 Å². The van der Waals surface area contributed by atoms with Crippen LogP contribution in [0, 0.1) is 5.92 Å². The molecule has 198 valence electrons. The molecule has 1 aromatic carbocycles. The van der Waals surface area contributed by atoms with Gasteiger partial charge in [-0.05, 0) is 61.8 Å². The average molecular weight is 512 g/mol. The molecule has 0 radical (unpaired) electrons. The first kappa shape index (κ1) is 25.2. The maximum Gasteiger partial charge on any atom is 0.317 e. The number of aryl methyl sites for hydroxylation is 1. The van der Waals surface area contributed by atoms with Crippen molar-refractivity contribution in [2.45, 2.75) is 58.0 Å². The number of anilines is 2. The molecule has 10 heteroatoms. The van der Waals surface area contributed by atoms with Crippen molar-refractivity contribution >= 4 is 29.3 Å². The number of carbonyl (C=O) groups is 1. The van der Waals surface area contributed by atoms with Gasteiger partial charge in [0.25, 0.3) is 6.43 Å². The Hall–Kier alpha value is -3.43. The fourth-order valence-corrected chi connectivity index (χ4v) is 5.73. The minimum absolute atomic E-state index is 0.0751. The maximum atomic E-state index is 14.3. The lowest BCUT2D eigenvalue weighted by Crippen LogP contribution is -2.42. The molecule has 0 bridgehead atoms. The summed E-state index contributed by atoms with van der Waals surface area (Å²) < 4.78 is 30.8. The zero-order valence-corrected chi connectivity index (χ0v) is 21.7. The lowest BCUT2D eigenvalue weighted by Gasteiger charge is -2.33. The highest BCUT2D eigenvalue weighted by Crippen LogP contribution is 2.45. The van der Waals surface area contributed by atoms with Gasteiger partial charge in [-0.3, -0.25) is 9.67 Å². The Morgan fingerprint density at radius 1 is 1.27 bits per heavy atom. The minimum atomic E-state index is -2.67. The zero-order chi connectivity index (χ0) is 26.3. The number of nitrogens with one attached hydrogen (secondary N) is 1. The number of rotatable bonds is 6. The standard InChI is InChI=1S/C27H35F2N7O/c1-16(17-6-7-17)36-23-8-10-34(27(37)32-3)15-22(23)26(33-36)35-9-4-5-18-11-20(19(13-30)14-31-2)21(25(28)29)12-24(18)35/h11-14,16-17,25H,4-10,15,30H2,1-3H3,(H,32,37)/t16-/m1/s1. The van der Waals surface area contributed by atoms with Gasteiger partial charge in [-0.2, -0.15) is 5.10 Å². The summed E-state index contributed by atoms with van der Waals surface area (Å²) in [6.07, 6.45) is 4.91. The second-order valence-corrected chi connectivity index (χ2v) is 10.1. The number of hydrogen-bond donors (Lipinski definition) is 2. The van der Waals surface area contributed by atoms with Crippen LogP contribution in [0.1, 0.15) is 66.6 Å². The predicted octanol–water partition coefficient (Wildman–Crippen LogP) is 4.57. The molecule has 0 saturated heterocycles. The van der Waals surface area contributed by atoms with Crippen molar-refractivity contribution < 1.29 is 13.6 Å². The summed E-state index contributed by atoms with van der Waals surface area (Å²) in [5.41, 5.74) is 10.5. The number of halogens is 2. The molecule has 3 aliphatic rings. The molecule has 1 atom stereocenters. The number of nitrogens with zero attached hydrogens (tertiary/aromatic N) is 5. The summed E-state index contributed by atoms with van der Waals surface area (Å²) in [6, 6.07) is 3.57. The fraction of sp³-hybridized carbons (Fsp3) is 0.519. The fourth-order valence-electron chi connectivity index (χ4n) is 5.73. The van der Waals surface area contributed by atoms with Crippen molar-refractivity contribution in [3.8, 4) is 0 Å². The van der Waals surface area contributed by atoms with Gasteiger partial charge in [-0.15, -0.1) is 0 Å². The molecule has 2 amide bonds. The van der Waals surface area contributed by atoms with E-state index >= 15 is 0 Å². The molecule has 0 unspecified atom stereocenters. The van der Waals surface area contributed by atoms with Crippen molar-refractivity contribution in [3.05, 3.63) is 46.3 Å². The summed E-state index contributed by atoms with van der Waals surface area (Å²) >= 11 is 0. The van der Waals surface area contributed by atoms with E-state index in [-0.39, 0.29) is 17.6 Å². The third-order valence-electron chi connectivity index (χ3n) is 7.87. The second kappa shape index (κ2) is 10.1. The maximum absolute atomic E-state index is 14.3. The van der Waals surface area contributed by atoms with Gasteiger partial charge in [0.05, 0.1) is 12.6 Å². The molecule has 0 spiro atoms. The molecule has 1 saturated carbocycles. The Morgan fingerprint density at radius 2 is 2.05 bits per heavy atom. The first-order chi connectivity index (χ1) is 17.9. The zero-order valence-electron chi connectivity index (χ0n) is 21.7. The van der Waals surface area contributed by atoms with Gasteiger partial charge >= 0.3 is 6.03 Å². The summed E-state index contributed by atoms with van der Waals surface area (Å²) in [4.78, 5) is 20.4. The number of urea groups is 1. The van der Waals surface area contributed by atoms with Gasteiger partial charge in [0.15, 0.2) is 5.82 Å². The molecule has 3 N–H and O–H groups in total. The van der Waals surface area contributed by atoms with Gasteiger partial charge in [-0.1, -0.05) is 0 Å². The molecule has 1 fully saturated rings. The van der Waals surface area contributed by atoms with Crippen LogP contribution in [0.25, 0.3) is 5.57 Å². The van der Waals surface area contributed by atoms with Crippen LogP contribution in [0.2, 0.25) is 0 Å². The molecular formula is C27H35F2N7O. The van der Waals surface area contributed by atoms with E-state index in [9.17, 15) is 13.6 Å². The van der Waals surface area contributed by atoms with Crippen LogP contribution in [-0.4, -0.2) is 54.1 Å². The monoisotopic (exact) mass is 511 g/mol. The Balaban J connectivity index is 1.63. The summed E-state index contributed by atoms with van der Waals surface area (Å²) in [7, 11) is 3.23. The number of amides is 2. The molecule has 5 rings (SSSR count). The topological polar surface area (TPSA) is 91.8 Å². The van der Waals surface area contributed by atoms with Crippen LogP contribution in [0.4, 0.5) is 25.1 Å². The molecule has 2 aromatic rings. The van der Waals surface area contributed by atoms with E-state index in [1.807, 2.05) is 6.07 Å². The van der Waals surface area contributed by atoms with Crippen molar-refractivity contribution in [2.75, 3.05) is 32.1 Å². The van der Waals surface area contributed by atoms with Crippen LogP contribution in [0.15, 0.2) is 23.3 Å². The van der Waals surface area contributed by atoms with E-state index in [0.717, 1.165) is 47.6 Å². The number of alkyl halides is 2. The van der Waals surface area contributed by atoms with E-state index in [4.69, 9.17) is 10.8 Å². The first-order valence-electron chi connectivity index (χ1n) is 13.0. The second-order valence-electron chi connectivity index (χ2n) is 10.1. The molecule has 8 nitrogen and oxygen atoms in total. The quantitative estimate of drug-likeness (QED) is 0.556. The lowest BCUT2D eigenvalue weighted by molar-refractivity contribution is 0.151. The van der Waals surface area contributed by atoms with Gasteiger partial charge in [-0.25, -0.2) is 13.6 Å². The third kappa shape index (κ3) is 4.57. The smallest absolute Gasteiger partial charge is 0.317 e. The molecular weight excluding hydrogens is 476 g/mol. The van der Waals surface area contributed by atoms with Crippen LogP contribution in [-0.2, 0) is 19.4 Å². The van der Waals surface area contributed by atoms with E-state index in [2.05, 4.69) is 26.8 Å². The summed E-state index contributed by atoms with van der Waals surface area (Å²) in [6.45, 7) is 3.95. The van der Waals surface area contributed by atoms with Gasteiger partial charge in [0, 0.05) is 74.1 Å². The van der Waals surface area contributed by atoms with Crippen LogP contribution in [0.3, 0.4) is 0 Å². The first-order valence-corrected chi connectivity index (χ1v) is 13.0.